The molecule has 142 valence electrons. The number of nitrogens with zero attached hydrogens (tertiary/aromatic N) is 3. The number of hydrogen-bond donors (Lipinski definition) is 0. The van der Waals surface area contributed by atoms with Gasteiger partial charge in [-0.25, -0.2) is 4.98 Å². The molecule has 4 rings (SSSR count). The zero-order valence-corrected chi connectivity index (χ0v) is 16.9. The van der Waals surface area contributed by atoms with Gasteiger partial charge < -0.3 is 14.2 Å². The monoisotopic (exact) mass is 357 g/mol. The standard InChI is InChI=1S/C20H32BN3O2/c1-15-12-18(24-11-10-23-9-7-6-8-16(23)14-24)22-13-17(15)21-25-19(2,3)20(4,5)26-21/h12-13,16H,6-11,14H2,1-5H3. The van der Waals surface area contributed by atoms with Crippen molar-refractivity contribution in [2.45, 2.75) is 71.1 Å². The molecule has 6 heteroatoms. The molecule has 1 aromatic heterocycles. The fourth-order valence-corrected chi connectivity index (χ4v) is 4.31. The summed E-state index contributed by atoms with van der Waals surface area (Å²) in [5.74, 6) is 1.09. The Morgan fingerprint density at radius 2 is 1.81 bits per heavy atom. The van der Waals surface area contributed by atoms with E-state index in [0.29, 0.717) is 6.04 Å². The number of anilines is 1. The molecule has 3 saturated heterocycles. The maximum Gasteiger partial charge on any atom is 0.496 e. The third-order valence-corrected chi connectivity index (χ3v) is 6.81. The topological polar surface area (TPSA) is 37.8 Å². The molecule has 0 N–H and O–H groups in total. The molecule has 4 heterocycles. The van der Waals surface area contributed by atoms with Crippen molar-refractivity contribution in [2.75, 3.05) is 31.1 Å². The molecule has 5 nitrogen and oxygen atoms in total. The van der Waals surface area contributed by atoms with Crippen LogP contribution in [0.5, 0.6) is 0 Å². The van der Waals surface area contributed by atoms with Crippen LogP contribution in [0.3, 0.4) is 0 Å². The van der Waals surface area contributed by atoms with E-state index in [-0.39, 0.29) is 18.3 Å². The van der Waals surface area contributed by atoms with Crippen LogP contribution in [0.25, 0.3) is 0 Å². The number of rotatable bonds is 2. The van der Waals surface area contributed by atoms with Gasteiger partial charge in [0.25, 0.3) is 0 Å². The van der Waals surface area contributed by atoms with Crippen molar-refractivity contribution in [1.29, 1.82) is 0 Å². The Balaban J connectivity index is 1.50. The molecule has 1 aromatic rings. The van der Waals surface area contributed by atoms with E-state index in [1.807, 2.05) is 6.20 Å². The van der Waals surface area contributed by atoms with Crippen LogP contribution in [0.1, 0.15) is 52.5 Å². The minimum atomic E-state index is -0.336. The molecule has 1 atom stereocenters. The summed E-state index contributed by atoms with van der Waals surface area (Å²) in [6, 6.07) is 2.90. The molecule has 3 fully saturated rings. The Morgan fingerprint density at radius 1 is 1.08 bits per heavy atom. The first-order valence-electron chi connectivity index (χ1n) is 10.1. The van der Waals surface area contributed by atoms with Gasteiger partial charge in [0.1, 0.15) is 5.82 Å². The van der Waals surface area contributed by atoms with Crippen LogP contribution in [0.15, 0.2) is 12.3 Å². The first kappa shape index (κ1) is 18.3. The van der Waals surface area contributed by atoms with Gasteiger partial charge in [0, 0.05) is 37.3 Å². The number of aryl methyl sites for hydroxylation is 1. The van der Waals surface area contributed by atoms with Gasteiger partial charge >= 0.3 is 7.12 Å². The van der Waals surface area contributed by atoms with Gasteiger partial charge in [0.05, 0.1) is 11.2 Å². The molecule has 0 radical (unpaired) electrons. The molecule has 3 aliphatic rings. The highest BCUT2D eigenvalue weighted by molar-refractivity contribution is 6.62. The van der Waals surface area contributed by atoms with Gasteiger partial charge in [-0.15, -0.1) is 0 Å². The number of hydrogen-bond acceptors (Lipinski definition) is 5. The maximum atomic E-state index is 6.20. The van der Waals surface area contributed by atoms with Gasteiger partial charge in [-0.3, -0.25) is 4.90 Å². The lowest BCUT2D eigenvalue weighted by Gasteiger charge is -2.44. The van der Waals surface area contributed by atoms with Crippen molar-refractivity contribution in [3.63, 3.8) is 0 Å². The second-order valence-corrected chi connectivity index (χ2v) is 9.12. The number of pyridine rings is 1. The lowest BCUT2D eigenvalue weighted by atomic mass is 9.77. The average molecular weight is 357 g/mol. The van der Waals surface area contributed by atoms with Crippen LogP contribution in [-0.4, -0.2) is 60.4 Å². The lowest BCUT2D eigenvalue weighted by Crippen LogP contribution is -2.55. The quantitative estimate of drug-likeness (QED) is 0.760. The summed E-state index contributed by atoms with van der Waals surface area (Å²) < 4.78 is 12.4. The molecular formula is C20H32BN3O2. The Hall–Kier alpha value is -1.11. The SMILES string of the molecule is Cc1cc(N2CCN3CCCCC3C2)ncc1B1OC(C)(C)C(C)(C)O1. The van der Waals surface area contributed by atoms with E-state index < -0.39 is 0 Å². The second kappa shape index (κ2) is 6.50. The van der Waals surface area contributed by atoms with Crippen LogP contribution >= 0.6 is 0 Å². The number of piperidine rings is 1. The fourth-order valence-electron chi connectivity index (χ4n) is 4.31. The zero-order valence-electron chi connectivity index (χ0n) is 16.9. The molecule has 0 aliphatic carbocycles. The molecule has 3 aliphatic heterocycles. The van der Waals surface area contributed by atoms with Crippen molar-refractivity contribution in [3.8, 4) is 0 Å². The predicted molar refractivity (Wildman–Crippen MR) is 106 cm³/mol. The second-order valence-electron chi connectivity index (χ2n) is 9.12. The lowest BCUT2D eigenvalue weighted by molar-refractivity contribution is 0.00578. The summed E-state index contributed by atoms with van der Waals surface area (Å²) in [6.07, 6.45) is 6.00. The number of fused-ring (bicyclic) bond motifs is 1. The highest BCUT2D eigenvalue weighted by atomic mass is 16.7. The Kier molecular flexibility index (Phi) is 4.57. The van der Waals surface area contributed by atoms with Crippen molar-refractivity contribution in [3.05, 3.63) is 17.8 Å². The van der Waals surface area contributed by atoms with Crippen molar-refractivity contribution in [1.82, 2.24) is 9.88 Å². The van der Waals surface area contributed by atoms with Gasteiger partial charge in [-0.2, -0.15) is 0 Å². The highest BCUT2D eigenvalue weighted by Gasteiger charge is 2.52. The van der Waals surface area contributed by atoms with Crippen LogP contribution in [-0.2, 0) is 9.31 Å². The van der Waals surface area contributed by atoms with Gasteiger partial charge in [0.15, 0.2) is 0 Å². The summed E-state index contributed by atoms with van der Waals surface area (Å²) in [6.45, 7) is 15.1. The van der Waals surface area contributed by atoms with E-state index >= 15 is 0 Å². The third-order valence-electron chi connectivity index (χ3n) is 6.81. The fraction of sp³-hybridized carbons (Fsp3) is 0.750. The van der Waals surface area contributed by atoms with E-state index in [2.05, 4.69) is 50.5 Å². The van der Waals surface area contributed by atoms with E-state index in [1.54, 1.807) is 0 Å². The van der Waals surface area contributed by atoms with E-state index in [9.17, 15) is 0 Å². The molecular weight excluding hydrogens is 325 g/mol. The van der Waals surface area contributed by atoms with Gasteiger partial charge in [-0.1, -0.05) is 6.42 Å². The predicted octanol–water partition coefficient (Wildman–Crippen LogP) is 2.36. The van der Waals surface area contributed by atoms with Crippen molar-refractivity contribution in [2.24, 2.45) is 0 Å². The minimum Gasteiger partial charge on any atom is -0.399 e. The summed E-state index contributed by atoms with van der Waals surface area (Å²) in [5, 5.41) is 0. The zero-order chi connectivity index (χ0) is 18.5. The molecule has 0 saturated carbocycles. The van der Waals surface area contributed by atoms with Crippen molar-refractivity contribution >= 4 is 18.4 Å². The van der Waals surface area contributed by atoms with Crippen LogP contribution in [0.2, 0.25) is 0 Å². The molecule has 1 unspecified atom stereocenters. The Morgan fingerprint density at radius 3 is 2.50 bits per heavy atom. The maximum absolute atomic E-state index is 6.20. The summed E-state index contributed by atoms with van der Waals surface area (Å²) in [4.78, 5) is 9.90. The molecule has 0 bridgehead atoms. The summed E-state index contributed by atoms with van der Waals surface area (Å²) >= 11 is 0. The normalized spacial score (nSPS) is 28.3. The number of aromatic nitrogens is 1. The molecule has 0 amide bonds. The first-order valence-corrected chi connectivity index (χ1v) is 10.1. The van der Waals surface area contributed by atoms with Crippen LogP contribution in [0, 0.1) is 6.92 Å². The molecule has 0 spiro atoms. The smallest absolute Gasteiger partial charge is 0.399 e. The third kappa shape index (κ3) is 3.16. The van der Waals surface area contributed by atoms with E-state index in [4.69, 9.17) is 14.3 Å². The Labute approximate surface area is 158 Å². The summed E-state index contributed by atoms with van der Waals surface area (Å²) in [7, 11) is -0.336. The van der Waals surface area contributed by atoms with Crippen LogP contribution in [0.4, 0.5) is 5.82 Å². The first-order chi connectivity index (χ1) is 12.3. The van der Waals surface area contributed by atoms with E-state index in [1.165, 1.54) is 31.4 Å². The molecule has 26 heavy (non-hydrogen) atoms. The Bertz CT molecular complexity index is 663. The summed E-state index contributed by atoms with van der Waals surface area (Å²) in [5.41, 5.74) is 1.60. The van der Waals surface area contributed by atoms with Gasteiger partial charge in [0.2, 0.25) is 0 Å². The van der Waals surface area contributed by atoms with Gasteiger partial charge in [-0.05, 0) is 65.6 Å². The van der Waals surface area contributed by atoms with E-state index in [0.717, 1.165) is 30.9 Å². The number of piperazine rings is 1. The van der Waals surface area contributed by atoms with Crippen LogP contribution < -0.4 is 10.4 Å². The minimum absolute atomic E-state index is 0.319. The highest BCUT2D eigenvalue weighted by Crippen LogP contribution is 2.36. The average Bonchev–Trinajstić information content (AvgIpc) is 2.81. The molecule has 0 aromatic carbocycles. The van der Waals surface area contributed by atoms with Crippen molar-refractivity contribution < 1.29 is 9.31 Å². The largest absolute Gasteiger partial charge is 0.496 e.